The van der Waals surface area contributed by atoms with Gasteiger partial charge in [-0.1, -0.05) is 0 Å². The number of thiol groups is 1. The smallest absolute Gasteiger partial charge is 0.130 e. The Hall–Kier alpha value is -0.610. The number of aryl methyl sites for hydroxylation is 1. The molecule has 0 bridgehead atoms. The Kier molecular flexibility index (Phi) is 4.78. The standard InChI is InChI=1S/C9H14N2OS/c12-4-3-9-10-6-8(7-11-9)2-1-5-13/h6-7,12-13H,1-5H2. The molecule has 1 aromatic rings. The zero-order chi connectivity index (χ0) is 9.52. The molecule has 0 fully saturated rings. The molecule has 72 valence electrons. The molecule has 0 atom stereocenters. The third kappa shape index (κ3) is 3.74. The molecule has 0 saturated heterocycles. The first-order valence-corrected chi connectivity index (χ1v) is 5.01. The van der Waals surface area contributed by atoms with Gasteiger partial charge in [0.25, 0.3) is 0 Å². The fraction of sp³-hybridized carbons (Fsp3) is 0.556. The van der Waals surface area contributed by atoms with E-state index in [1.165, 1.54) is 0 Å². The number of hydrogen-bond acceptors (Lipinski definition) is 4. The summed E-state index contributed by atoms with van der Waals surface area (Å²) in [5, 5.41) is 8.64. The highest BCUT2D eigenvalue weighted by Crippen LogP contribution is 2.01. The summed E-state index contributed by atoms with van der Waals surface area (Å²) in [6.07, 6.45) is 6.20. The van der Waals surface area contributed by atoms with Crippen LogP contribution in [0.25, 0.3) is 0 Å². The van der Waals surface area contributed by atoms with Crippen LogP contribution < -0.4 is 0 Å². The van der Waals surface area contributed by atoms with Crippen molar-refractivity contribution >= 4 is 12.6 Å². The topological polar surface area (TPSA) is 46.0 Å². The summed E-state index contributed by atoms with van der Waals surface area (Å²) in [4.78, 5) is 8.25. The van der Waals surface area contributed by atoms with Crippen LogP contribution in [0.3, 0.4) is 0 Å². The highest BCUT2D eigenvalue weighted by atomic mass is 32.1. The first-order chi connectivity index (χ1) is 6.36. The van der Waals surface area contributed by atoms with Crippen molar-refractivity contribution in [2.75, 3.05) is 12.4 Å². The van der Waals surface area contributed by atoms with Crippen LogP contribution in [0.5, 0.6) is 0 Å². The van der Waals surface area contributed by atoms with Gasteiger partial charge in [-0.3, -0.25) is 0 Å². The highest BCUT2D eigenvalue weighted by Gasteiger charge is 1.96. The molecule has 1 aromatic heterocycles. The summed E-state index contributed by atoms with van der Waals surface area (Å²) in [5.41, 5.74) is 1.13. The molecule has 0 radical (unpaired) electrons. The molecule has 1 rings (SSSR count). The van der Waals surface area contributed by atoms with E-state index in [0.717, 1.165) is 24.2 Å². The first-order valence-electron chi connectivity index (χ1n) is 4.38. The molecular weight excluding hydrogens is 184 g/mol. The number of hydrogen-bond donors (Lipinski definition) is 2. The Morgan fingerprint density at radius 2 is 1.92 bits per heavy atom. The second-order valence-electron chi connectivity index (χ2n) is 2.81. The predicted octanol–water partition coefficient (Wildman–Crippen LogP) is 0.874. The van der Waals surface area contributed by atoms with Crippen molar-refractivity contribution in [3.63, 3.8) is 0 Å². The lowest BCUT2D eigenvalue weighted by Crippen LogP contribution is -1.99. The van der Waals surface area contributed by atoms with Crippen molar-refractivity contribution in [1.82, 2.24) is 9.97 Å². The van der Waals surface area contributed by atoms with Crippen molar-refractivity contribution in [1.29, 1.82) is 0 Å². The van der Waals surface area contributed by atoms with Crippen molar-refractivity contribution in [2.45, 2.75) is 19.3 Å². The van der Waals surface area contributed by atoms with Gasteiger partial charge in [0.05, 0.1) is 6.61 Å². The summed E-state index contributed by atoms with van der Waals surface area (Å²) in [6, 6.07) is 0. The lowest BCUT2D eigenvalue weighted by Gasteiger charge is -1.99. The Bertz CT molecular complexity index is 238. The van der Waals surface area contributed by atoms with E-state index in [1.54, 1.807) is 0 Å². The van der Waals surface area contributed by atoms with Crippen LogP contribution in [0.2, 0.25) is 0 Å². The van der Waals surface area contributed by atoms with Gasteiger partial charge in [0, 0.05) is 18.8 Å². The molecule has 0 aliphatic heterocycles. The minimum atomic E-state index is 0.107. The highest BCUT2D eigenvalue weighted by molar-refractivity contribution is 7.80. The van der Waals surface area contributed by atoms with Gasteiger partial charge >= 0.3 is 0 Å². The third-order valence-electron chi connectivity index (χ3n) is 1.72. The number of rotatable bonds is 5. The molecule has 0 aromatic carbocycles. The van der Waals surface area contributed by atoms with Crippen LogP contribution >= 0.6 is 12.6 Å². The summed E-state index contributed by atoms with van der Waals surface area (Å²) < 4.78 is 0. The quantitative estimate of drug-likeness (QED) is 0.690. The fourth-order valence-electron chi connectivity index (χ4n) is 1.02. The van der Waals surface area contributed by atoms with Crippen molar-refractivity contribution < 1.29 is 5.11 Å². The van der Waals surface area contributed by atoms with Crippen LogP contribution in [-0.4, -0.2) is 27.4 Å². The molecule has 0 amide bonds. The summed E-state index contributed by atoms with van der Waals surface area (Å²) in [5.74, 6) is 1.59. The van der Waals surface area contributed by atoms with E-state index < -0.39 is 0 Å². The Balaban J connectivity index is 2.48. The number of aromatic nitrogens is 2. The van der Waals surface area contributed by atoms with Crippen LogP contribution in [-0.2, 0) is 12.8 Å². The van der Waals surface area contributed by atoms with E-state index in [0.29, 0.717) is 12.2 Å². The third-order valence-corrected chi connectivity index (χ3v) is 2.03. The first kappa shape index (κ1) is 10.5. The zero-order valence-corrected chi connectivity index (χ0v) is 8.37. The van der Waals surface area contributed by atoms with Crippen molar-refractivity contribution in [2.24, 2.45) is 0 Å². The van der Waals surface area contributed by atoms with E-state index in [9.17, 15) is 0 Å². The van der Waals surface area contributed by atoms with Crippen LogP contribution in [0.15, 0.2) is 12.4 Å². The summed E-state index contributed by atoms with van der Waals surface area (Å²) in [7, 11) is 0. The molecule has 3 nitrogen and oxygen atoms in total. The fourth-order valence-corrected chi connectivity index (χ4v) is 1.18. The van der Waals surface area contributed by atoms with Gasteiger partial charge in [0.15, 0.2) is 0 Å². The molecule has 0 aliphatic rings. The summed E-state index contributed by atoms with van der Waals surface area (Å²) >= 11 is 4.13. The van der Waals surface area contributed by atoms with Crippen LogP contribution in [0, 0.1) is 0 Å². The van der Waals surface area contributed by atoms with E-state index in [-0.39, 0.29) is 6.61 Å². The molecule has 1 N–H and O–H groups in total. The SMILES string of the molecule is OCCc1ncc(CCCS)cn1. The molecule has 0 spiro atoms. The van der Waals surface area contributed by atoms with Gasteiger partial charge in [0.1, 0.15) is 5.82 Å². The Labute approximate surface area is 83.6 Å². The number of nitrogens with zero attached hydrogens (tertiary/aromatic N) is 2. The average molecular weight is 198 g/mol. The maximum absolute atomic E-state index is 8.64. The maximum atomic E-state index is 8.64. The normalized spacial score (nSPS) is 10.3. The van der Waals surface area contributed by atoms with Gasteiger partial charge in [0.2, 0.25) is 0 Å². The van der Waals surface area contributed by atoms with Crippen molar-refractivity contribution in [3.8, 4) is 0 Å². The molecular formula is C9H14N2OS. The monoisotopic (exact) mass is 198 g/mol. The van der Waals surface area contributed by atoms with Crippen LogP contribution in [0.1, 0.15) is 17.8 Å². The summed E-state index contributed by atoms with van der Waals surface area (Å²) in [6.45, 7) is 0.107. The molecule has 0 unspecified atom stereocenters. The van der Waals surface area contributed by atoms with Gasteiger partial charge < -0.3 is 5.11 Å². The molecule has 13 heavy (non-hydrogen) atoms. The largest absolute Gasteiger partial charge is 0.396 e. The van der Waals surface area contributed by atoms with E-state index in [1.807, 2.05) is 12.4 Å². The van der Waals surface area contributed by atoms with Gasteiger partial charge in [-0.15, -0.1) is 0 Å². The molecule has 0 aliphatic carbocycles. The molecule has 1 heterocycles. The average Bonchev–Trinajstić information content (AvgIpc) is 2.17. The lowest BCUT2D eigenvalue weighted by molar-refractivity contribution is 0.296. The minimum absolute atomic E-state index is 0.107. The van der Waals surface area contributed by atoms with E-state index >= 15 is 0 Å². The van der Waals surface area contributed by atoms with Gasteiger partial charge in [-0.05, 0) is 24.2 Å². The Morgan fingerprint density at radius 3 is 2.46 bits per heavy atom. The predicted molar refractivity (Wildman–Crippen MR) is 55.0 cm³/mol. The molecule has 0 saturated carbocycles. The van der Waals surface area contributed by atoms with Crippen LogP contribution in [0.4, 0.5) is 0 Å². The zero-order valence-electron chi connectivity index (χ0n) is 7.48. The Morgan fingerprint density at radius 1 is 1.23 bits per heavy atom. The number of aliphatic hydroxyl groups excluding tert-OH is 1. The minimum Gasteiger partial charge on any atom is -0.396 e. The van der Waals surface area contributed by atoms with Gasteiger partial charge in [-0.25, -0.2) is 9.97 Å². The second kappa shape index (κ2) is 5.94. The molecule has 4 heteroatoms. The van der Waals surface area contributed by atoms with E-state index in [2.05, 4.69) is 22.6 Å². The maximum Gasteiger partial charge on any atom is 0.130 e. The van der Waals surface area contributed by atoms with Crippen molar-refractivity contribution in [3.05, 3.63) is 23.8 Å². The lowest BCUT2D eigenvalue weighted by atomic mass is 10.2. The number of aliphatic hydroxyl groups is 1. The second-order valence-corrected chi connectivity index (χ2v) is 3.26. The van der Waals surface area contributed by atoms with E-state index in [4.69, 9.17) is 5.11 Å². The van der Waals surface area contributed by atoms with Gasteiger partial charge in [-0.2, -0.15) is 12.6 Å².